The van der Waals surface area contributed by atoms with E-state index in [1.54, 1.807) is 6.33 Å². The minimum atomic E-state index is 0.0995. The fourth-order valence-corrected chi connectivity index (χ4v) is 3.09. The summed E-state index contributed by atoms with van der Waals surface area (Å²) < 4.78 is 5.79. The molecule has 18 heavy (non-hydrogen) atoms. The van der Waals surface area contributed by atoms with Gasteiger partial charge >= 0.3 is 0 Å². The van der Waals surface area contributed by atoms with Crippen LogP contribution in [-0.4, -0.2) is 41.1 Å². The lowest BCUT2D eigenvalue weighted by molar-refractivity contribution is -0.00362. The zero-order valence-corrected chi connectivity index (χ0v) is 11.4. The van der Waals surface area contributed by atoms with Crippen molar-refractivity contribution < 1.29 is 4.74 Å². The Morgan fingerprint density at radius 1 is 1.39 bits per heavy atom. The van der Waals surface area contributed by atoms with Gasteiger partial charge in [-0.15, -0.1) is 11.6 Å². The molecule has 2 aliphatic rings. The Labute approximate surface area is 112 Å². The molecule has 3 rings (SSSR count). The summed E-state index contributed by atoms with van der Waals surface area (Å²) in [4.78, 5) is 11.2. The lowest BCUT2D eigenvalue weighted by Crippen LogP contribution is -2.48. The Balaban J connectivity index is 1.88. The Morgan fingerprint density at radius 2 is 2.28 bits per heavy atom. The van der Waals surface area contributed by atoms with Crippen molar-refractivity contribution in [3.8, 4) is 0 Å². The predicted octanol–water partition coefficient (Wildman–Crippen LogP) is 1.80. The Bertz CT molecular complexity index is 440. The van der Waals surface area contributed by atoms with Gasteiger partial charge in [0.15, 0.2) is 0 Å². The third-order valence-electron chi connectivity index (χ3n) is 3.65. The largest absolute Gasteiger partial charge is 0.370 e. The number of aryl methyl sites for hydroxylation is 1. The highest BCUT2D eigenvalue weighted by Crippen LogP contribution is 2.29. The van der Waals surface area contributed by atoms with Crippen molar-refractivity contribution in [3.05, 3.63) is 17.6 Å². The maximum absolute atomic E-state index is 5.93. The third kappa shape index (κ3) is 2.19. The number of anilines is 1. The van der Waals surface area contributed by atoms with E-state index >= 15 is 0 Å². The number of ether oxygens (including phenoxy) is 1. The van der Waals surface area contributed by atoms with Crippen LogP contribution in [0.1, 0.15) is 24.6 Å². The number of nitrogens with zero attached hydrogens (tertiary/aromatic N) is 3. The van der Waals surface area contributed by atoms with Crippen LogP contribution in [0.5, 0.6) is 0 Å². The van der Waals surface area contributed by atoms with E-state index in [4.69, 9.17) is 16.3 Å². The van der Waals surface area contributed by atoms with Gasteiger partial charge in [0.1, 0.15) is 12.1 Å². The molecule has 98 valence electrons. The smallest absolute Gasteiger partial charge is 0.135 e. The molecule has 0 amide bonds. The number of alkyl halides is 1. The second-order valence-electron chi connectivity index (χ2n) is 5.10. The molecule has 0 N–H and O–H groups in total. The molecule has 1 aromatic heterocycles. The zero-order valence-electron chi connectivity index (χ0n) is 10.6. The molecule has 1 saturated heterocycles. The standard InChI is InChI=1S/C13H18ClN3O/c1-9-6-17(7-10(5-14)18-9)13-11-3-2-4-12(11)15-8-16-13/h8-10H,2-7H2,1H3. The van der Waals surface area contributed by atoms with Crippen molar-refractivity contribution >= 4 is 17.4 Å². The SMILES string of the molecule is CC1CN(c2ncnc3c2CCC3)CC(CCl)O1. The van der Waals surface area contributed by atoms with Gasteiger partial charge in [-0.05, 0) is 26.2 Å². The van der Waals surface area contributed by atoms with E-state index in [-0.39, 0.29) is 12.2 Å². The lowest BCUT2D eigenvalue weighted by Gasteiger charge is -2.37. The first-order valence-corrected chi connectivity index (χ1v) is 7.10. The average molecular weight is 268 g/mol. The van der Waals surface area contributed by atoms with Gasteiger partial charge in [0, 0.05) is 24.3 Å². The summed E-state index contributed by atoms with van der Waals surface area (Å²) in [5.74, 6) is 1.64. The third-order valence-corrected chi connectivity index (χ3v) is 3.99. The van der Waals surface area contributed by atoms with Gasteiger partial charge in [-0.2, -0.15) is 0 Å². The van der Waals surface area contributed by atoms with Crippen LogP contribution in [0.25, 0.3) is 0 Å². The number of rotatable bonds is 2. The summed E-state index contributed by atoms with van der Waals surface area (Å²) in [7, 11) is 0. The molecule has 2 atom stereocenters. The first kappa shape index (κ1) is 12.2. The number of morpholine rings is 1. The summed E-state index contributed by atoms with van der Waals surface area (Å²) in [6.45, 7) is 3.81. The number of hydrogen-bond donors (Lipinski definition) is 0. The van der Waals surface area contributed by atoms with Crippen LogP contribution in [0.2, 0.25) is 0 Å². The average Bonchev–Trinajstić information content (AvgIpc) is 2.85. The highest BCUT2D eigenvalue weighted by atomic mass is 35.5. The first-order chi connectivity index (χ1) is 8.78. The molecule has 1 fully saturated rings. The minimum absolute atomic E-state index is 0.0995. The van der Waals surface area contributed by atoms with Gasteiger partial charge in [0.25, 0.3) is 0 Å². The predicted molar refractivity (Wildman–Crippen MR) is 71.3 cm³/mol. The van der Waals surface area contributed by atoms with Crippen molar-refractivity contribution in [2.24, 2.45) is 0 Å². The van der Waals surface area contributed by atoms with Crippen molar-refractivity contribution in [1.82, 2.24) is 9.97 Å². The maximum atomic E-state index is 5.93. The second kappa shape index (κ2) is 5.02. The van der Waals surface area contributed by atoms with Crippen LogP contribution in [0.4, 0.5) is 5.82 Å². The number of hydrogen-bond acceptors (Lipinski definition) is 4. The molecule has 2 heterocycles. The van der Waals surface area contributed by atoms with Gasteiger partial charge in [-0.1, -0.05) is 0 Å². The molecule has 1 aromatic rings. The van der Waals surface area contributed by atoms with E-state index in [0.29, 0.717) is 5.88 Å². The number of halogens is 1. The Hall–Kier alpha value is -0.870. The second-order valence-corrected chi connectivity index (χ2v) is 5.41. The van der Waals surface area contributed by atoms with Crippen molar-refractivity contribution in [2.45, 2.75) is 38.4 Å². The molecule has 2 unspecified atom stereocenters. The van der Waals surface area contributed by atoms with Gasteiger partial charge in [0.2, 0.25) is 0 Å². The molecule has 0 spiro atoms. The van der Waals surface area contributed by atoms with Crippen LogP contribution in [0.3, 0.4) is 0 Å². The Kier molecular flexibility index (Phi) is 3.39. The van der Waals surface area contributed by atoms with Gasteiger partial charge in [0.05, 0.1) is 18.1 Å². The fourth-order valence-electron chi connectivity index (χ4n) is 2.92. The molecule has 0 radical (unpaired) electrons. The van der Waals surface area contributed by atoms with Crippen LogP contribution in [0, 0.1) is 0 Å². The molecular formula is C13H18ClN3O. The van der Waals surface area contributed by atoms with Crippen molar-refractivity contribution in [3.63, 3.8) is 0 Å². The number of fused-ring (bicyclic) bond motifs is 1. The van der Waals surface area contributed by atoms with Crippen LogP contribution in [0.15, 0.2) is 6.33 Å². The summed E-state index contributed by atoms with van der Waals surface area (Å²) in [5.41, 5.74) is 2.56. The van der Waals surface area contributed by atoms with E-state index in [2.05, 4.69) is 21.8 Å². The topological polar surface area (TPSA) is 38.2 Å². The van der Waals surface area contributed by atoms with E-state index in [0.717, 1.165) is 31.7 Å². The van der Waals surface area contributed by atoms with Gasteiger partial charge in [-0.3, -0.25) is 0 Å². The van der Waals surface area contributed by atoms with Gasteiger partial charge in [-0.25, -0.2) is 9.97 Å². The highest BCUT2D eigenvalue weighted by molar-refractivity contribution is 6.18. The summed E-state index contributed by atoms with van der Waals surface area (Å²) in [6.07, 6.45) is 5.37. The van der Waals surface area contributed by atoms with Crippen molar-refractivity contribution in [2.75, 3.05) is 23.9 Å². The van der Waals surface area contributed by atoms with Crippen molar-refractivity contribution in [1.29, 1.82) is 0 Å². The maximum Gasteiger partial charge on any atom is 0.135 e. The fraction of sp³-hybridized carbons (Fsp3) is 0.692. The van der Waals surface area contributed by atoms with Crippen LogP contribution >= 0.6 is 11.6 Å². The highest BCUT2D eigenvalue weighted by Gasteiger charge is 2.28. The van der Waals surface area contributed by atoms with E-state index in [9.17, 15) is 0 Å². The van der Waals surface area contributed by atoms with Crippen LogP contribution in [-0.2, 0) is 17.6 Å². The molecule has 0 aromatic carbocycles. The summed E-state index contributed by atoms with van der Waals surface area (Å²) in [5, 5.41) is 0. The molecule has 0 saturated carbocycles. The number of aromatic nitrogens is 2. The lowest BCUT2D eigenvalue weighted by atomic mass is 10.2. The molecule has 5 heteroatoms. The Morgan fingerprint density at radius 3 is 3.11 bits per heavy atom. The minimum Gasteiger partial charge on any atom is -0.370 e. The van der Waals surface area contributed by atoms with Gasteiger partial charge < -0.3 is 9.64 Å². The summed E-state index contributed by atoms with van der Waals surface area (Å²) >= 11 is 5.93. The van der Waals surface area contributed by atoms with E-state index < -0.39 is 0 Å². The summed E-state index contributed by atoms with van der Waals surface area (Å²) in [6, 6.07) is 0. The van der Waals surface area contributed by atoms with E-state index in [1.807, 2.05) is 0 Å². The quantitative estimate of drug-likeness (QED) is 0.766. The zero-order chi connectivity index (χ0) is 12.5. The molecular weight excluding hydrogens is 250 g/mol. The molecule has 0 bridgehead atoms. The van der Waals surface area contributed by atoms with E-state index in [1.165, 1.54) is 17.7 Å². The first-order valence-electron chi connectivity index (χ1n) is 6.57. The molecule has 1 aliphatic heterocycles. The molecule has 1 aliphatic carbocycles. The normalized spacial score (nSPS) is 27.3. The van der Waals surface area contributed by atoms with Crippen LogP contribution < -0.4 is 4.90 Å². The molecule has 4 nitrogen and oxygen atoms in total. The monoisotopic (exact) mass is 267 g/mol.